The van der Waals surface area contributed by atoms with Gasteiger partial charge in [-0.25, -0.2) is 9.67 Å². The largest absolute Gasteiger partial charge is 0.408 e. The molecule has 3 aromatic carbocycles. The van der Waals surface area contributed by atoms with Crippen LogP contribution in [-0.2, 0) is 13.2 Å². The van der Waals surface area contributed by atoms with Crippen LogP contribution in [0.4, 0.5) is 5.69 Å². The first kappa shape index (κ1) is 22.8. The minimum absolute atomic E-state index is 0.0136. The molecule has 0 aliphatic heterocycles. The molecule has 0 amide bonds. The number of nitrogens with one attached hydrogen (secondary N) is 2. The molecule has 3 aromatic heterocycles. The zero-order chi connectivity index (χ0) is 25.4. The number of H-pyrrole nitrogens is 1. The number of nitrogens with zero attached hydrogens (tertiary/aromatic N) is 4. The summed E-state index contributed by atoms with van der Waals surface area (Å²) in [5, 5.41) is 21.2. The average molecular weight is 509 g/mol. The monoisotopic (exact) mass is 508 g/mol. The molecule has 0 bridgehead atoms. The van der Waals surface area contributed by atoms with Crippen molar-refractivity contribution in [3.8, 4) is 22.8 Å². The molecule has 6 aromatic rings. The van der Waals surface area contributed by atoms with Gasteiger partial charge in [-0.15, -0.1) is 5.10 Å². The second kappa shape index (κ2) is 9.41. The lowest BCUT2D eigenvalue weighted by molar-refractivity contribution is -0.384. The molecule has 0 spiro atoms. The number of benzene rings is 3. The van der Waals surface area contributed by atoms with E-state index in [9.17, 15) is 10.1 Å². The number of aromatic nitrogens is 4. The molecule has 6 rings (SSSR count). The van der Waals surface area contributed by atoms with Crippen molar-refractivity contribution in [2.24, 2.45) is 0 Å². The van der Waals surface area contributed by atoms with E-state index in [0.717, 1.165) is 27.4 Å². The molecular formula is C27H20N6O3S. The summed E-state index contributed by atoms with van der Waals surface area (Å²) in [7, 11) is 0. The normalized spacial score (nSPS) is 11.4. The topological polar surface area (TPSA) is 115 Å². The van der Waals surface area contributed by atoms with E-state index in [1.807, 2.05) is 60.7 Å². The molecule has 2 N–H and O–H groups in total. The molecule has 0 atom stereocenters. The summed E-state index contributed by atoms with van der Waals surface area (Å²) >= 11 is 5.42. The summed E-state index contributed by atoms with van der Waals surface area (Å²) in [6.45, 7) is 1.02. The summed E-state index contributed by atoms with van der Waals surface area (Å²) in [4.78, 5) is 19.5. The number of para-hydroxylation sites is 1. The molecule has 0 saturated carbocycles. The number of non-ortho nitro benzene ring substituents is 1. The lowest BCUT2D eigenvalue weighted by atomic mass is 10.1. The molecule has 0 unspecified atom stereocenters. The Hall–Kier alpha value is -4.67. The van der Waals surface area contributed by atoms with Crippen molar-refractivity contribution in [1.82, 2.24) is 25.1 Å². The Morgan fingerprint density at radius 1 is 1.00 bits per heavy atom. The van der Waals surface area contributed by atoms with E-state index in [-0.39, 0.29) is 16.4 Å². The number of hydrogen-bond donors (Lipinski definition) is 2. The van der Waals surface area contributed by atoms with Crippen LogP contribution in [0, 0.1) is 15.0 Å². The number of pyridine rings is 1. The highest BCUT2D eigenvalue weighted by Gasteiger charge is 2.19. The van der Waals surface area contributed by atoms with Gasteiger partial charge >= 0.3 is 0 Å². The van der Waals surface area contributed by atoms with E-state index >= 15 is 0 Å². The number of nitro groups is 1. The van der Waals surface area contributed by atoms with Gasteiger partial charge in [-0.1, -0.05) is 60.7 Å². The van der Waals surface area contributed by atoms with Crippen molar-refractivity contribution in [3.05, 3.63) is 105 Å². The quantitative estimate of drug-likeness (QED) is 0.149. The fourth-order valence-electron chi connectivity index (χ4n) is 4.34. The minimum atomic E-state index is -0.418. The first-order valence-electron chi connectivity index (χ1n) is 11.6. The first-order chi connectivity index (χ1) is 18.1. The highest BCUT2D eigenvalue weighted by atomic mass is 32.1. The smallest absolute Gasteiger partial charge is 0.288 e. The zero-order valence-electron chi connectivity index (χ0n) is 19.4. The van der Waals surface area contributed by atoms with Crippen LogP contribution < -0.4 is 5.32 Å². The highest BCUT2D eigenvalue weighted by molar-refractivity contribution is 7.71. The number of rotatable bonds is 7. The maximum absolute atomic E-state index is 11.4. The van der Waals surface area contributed by atoms with Crippen molar-refractivity contribution < 1.29 is 9.34 Å². The van der Waals surface area contributed by atoms with Crippen LogP contribution in [0.5, 0.6) is 0 Å². The van der Waals surface area contributed by atoms with E-state index in [4.69, 9.17) is 21.6 Å². The third-order valence-corrected chi connectivity index (χ3v) is 6.38. The first-order valence-corrected chi connectivity index (χ1v) is 12.0. The summed E-state index contributed by atoms with van der Waals surface area (Å²) < 4.78 is 7.41. The Morgan fingerprint density at radius 2 is 1.81 bits per heavy atom. The second-order valence-electron chi connectivity index (χ2n) is 8.50. The SMILES string of the molecule is O=[N+]([O-])c1cccc(-c2nc(-c3nn(CNCc4ccccc4)c(=S)o3)cc3c2[nH]c2ccccc23)c1. The van der Waals surface area contributed by atoms with Gasteiger partial charge < -0.3 is 9.40 Å². The van der Waals surface area contributed by atoms with Gasteiger partial charge in [0.05, 0.1) is 22.8 Å². The van der Waals surface area contributed by atoms with Crippen molar-refractivity contribution >= 4 is 39.7 Å². The molecule has 0 aliphatic rings. The van der Waals surface area contributed by atoms with Crippen LogP contribution in [0.1, 0.15) is 5.56 Å². The summed E-state index contributed by atoms with van der Waals surface area (Å²) in [6.07, 6.45) is 0. The van der Waals surface area contributed by atoms with Crippen LogP contribution in [-0.4, -0.2) is 24.7 Å². The van der Waals surface area contributed by atoms with Gasteiger partial charge in [-0.2, -0.15) is 0 Å². The van der Waals surface area contributed by atoms with Crippen LogP contribution in [0.2, 0.25) is 0 Å². The molecule has 0 radical (unpaired) electrons. The predicted octanol–water partition coefficient (Wildman–Crippen LogP) is 6.22. The highest BCUT2D eigenvalue weighted by Crippen LogP contribution is 2.35. The Morgan fingerprint density at radius 3 is 2.65 bits per heavy atom. The van der Waals surface area contributed by atoms with Gasteiger partial charge in [-0.05, 0) is 29.9 Å². The Balaban J connectivity index is 1.43. The summed E-state index contributed by atoms with van der Waals surface area (Å²) in [5.41, 5.74) is 4.48. The molecule has 3 heterocycles. The molecule has 10 heteroatoms. The van der Waals surface area contributed by atoms with E-state index < -0.39 is 4.92 Å². The second-order valence-corrected chi connectivity index (χ2v) is 8.85. The maximum Gasteiger partial charge on any atom is 0.288 e. The van der Waals surface area contributed by atoms with Gasteiger partial charge in [-0.3, -0.25) is 15.4 Å². The third kappa shape index (κ3) is 4.39. The molecular weight excluding hydrogens is 488 g/mol. The van der Waals surface area contributed by atoms with Gasteiger partial charge in [0.25, 0.3) is 16.4 Å². The van der Waals surface area contributed by atoms with Gasteiger partial charge in [0.2, 0.25) is 0 Å². The van der Waals surface area contributed by atoms with Crippen molar-refractivity contribution in [2.45, 2.75) is 13.2 Å². The summed E-state index contributed by atoms with van der Waals surface area (Å²) in [5.74, 6) is 0.269. The van der Waals surface area contributed by atoms with E-state index in [0.29, 0.717) is 30.2 Å². The predicted molar refractivity (Wildman–Crippen MR) is 143 cm³/mol. The lowest BCUT2D eigenvalue weighted by Crippen LogP contribution is -2.19. The minimum Gasteiger partial charge on any atom is -0.408 e. The molecule has 0 aliphatic carbocycles. The number of nitro benzene ring substituents is 1. The van der Waals surface area contributed by atoms with Gasteiger partial charge in [0.15, 0.2) is 0 Å². The molecule has 0 fully saturated rings. The third-order valence-electron chi connectivity index (χ3n) is 6.09. The molecule has 37 heavy (non-hydrogen) atoms. The number of fused-ring (bicyclic) bond motifs is 3. The Bertz CT molecular complexity index is 1820. The average Bonchev–Trinajstić information content (AvgIpc) is 3.49. The summed E-state index contributed by atoms with van der Waals surface area (Å²) in [6, 6.07) is 26.2. The van der Waals surface area contributed by atoms with Crippen LogP contribution in [0.3, 0.4) is 0 Å². The Labute approximate surface area is 215 Å². The van der Waals surface area contributed by atoms with Crippen LogP contribution >= 0.6 is 12.2 Å². The maximum atomic E-state index is 11.4. The molecule has 0 saturated heterocycles. The fraction of sp³-hybridized carbons (Fsp3) is 0.0741. The van der Waals surface area contributed by atoms with Gasteiger partial charge in [0.1, 0.15) is 5.69 Å². The van der Waals surface area contributed by atoms with E-state index in [1.165, 1.54) is 12.1 Å². The van der Waals surface area contributed by atoms with Crippen molar-refractivity contribution in [1.29, 1.82) is 0 Å². The van der Waals surface area contributed by atoms with Gasteiger partial charge in [0, 0.05) is 40.5 Å². The number of hydrogen-bond acceptors (Lipinski definition) is 7. The number of aromatic amines is 1. The zero-order valence-corrected chi connectivity index (χ0v) is 20.2. The van der Waals surface area contributed by atoms with E-state index in [2.05, 4.69) is 15.4 Å². The molecule has 9 nitrogen and oxygen atoms in total. The van der Waals surface area contributed by atoms with Crippen LogP contribution in [0.25, 0.3) is 44.6 Å². The van der Waals surface area contributed by atoms with Crippen molar-refractivity contribution in [2.75, 3.05) is 0 Å². The lowest BCUT2D eigenvalue weighted by Gasteiger charge is -2.06. The Kier molecular flexibility index (Phi) is 5.79. The van der Waals surface area contributed by atoms with Crippen molar-refractivity contribution in [3.63, 3.8) is 0 Å². The standard InChI is InChI=1S/C27H20N6O3S/c34-33(35)19-10-6-9-18(13-19)24-25-21(20-11-4-5-12-22(20)29-25)14-23(30-24)26-31-32(27(37)36-26)16-28-15-17-7-2-1-3-8-17/h1-14,28-29H,15-16H2. The van der Waals surface area contributed by atoms with E-state index in [1.54, 1.807) is 16.8 Å². The van der Waals surface area contributed by atoms with Crippen LogP contribution in [0.15, 0.2) is 89.3 Å². The molecule has 182 valence electrons. The fourth-order valence-corrected chi connectivity index (χ4v) is 4.53.